The zero-order chi connectivity index (χ0) is 25.1. The highest BCUT2D eigenvalue weighted by Crippen LogP contribution is 2.32. The molecule has 0 radical (unpaired) electrons. The molecule has 4 aromatic rings. The number of benzene rings is 2. The number of nitrogens with zero attached hydrogens (tertiary/aromatic N) is 2. The maximum Gasteiger partial charge on any atom is 0.359 e. The van der Waals surface area contributed by atoms with Crippen molar-refractivity contribution in [2.24, 2.45) is 0 Å². The standard InChI is InChI=1S/C24H20FN3O6S/c1-4-34-24(31)20-16-12-35-22(26-21(29)13-8-9-17(32-2)18(10-13)33-3)19(16)23(30)28(27-20)15-7-5-6-14(25)11-15/h5-12H,4H2,1-3H3,(H,26,29). The van der Waals surface area contributed by atoms with Crippen LogP contribution in [0.1, 0.15) is 27.8 Å². The minimum atomic E-state index is -0.752. The van der Waals surface area contributed by atoms with E-state index in [0.29, 0.717) is 11.5 Å². The lowest BCUT2D eigenvalue weighted by molar-refractivity contribution is 0.0520. The van der Waals surface area contributed by atoms with Crippen LogP contribution in [0.4, 0.5) is 9.39 Å². The third kappa shape index (κ3) is 4.58. The number of methoxy groups -OCH3 is 2. The van der Waals surface area contributed by atoms with E-state index in [0.717, 1.165) is 22.1 Å². The Balaban J connectivity index is 1.84. The minimum Gasteiger partial charge on any atom is -0.493 e. The van der Waals surface area contributed by atoms with Crippen LogP contribution in [0, 0.1) is 5.82 Å². The fourth-order valence-electron chi connectivity index (χ4n) is 3.43. The Morgan fingerprint density at radius 3 is 2.57 bits per heavy atom. The highest BCUT2D eigenvalue weighted by atomic mass is 32.1. The Morgan fingerprint density at radius 1 is 1.11 bits per heavy atom. The van der Waals surface area contributed by atoms with Gasteiger partial charge in [-0.1, -0.05) is 6.07 Å². The molecule has 35 heavy (non-hydrogen) atoms. The first-order chi connectivity index (χ1) is 16.9. The molecule has 1 N–H and O–H groups in total. The van der Waals surface area contributed by atoms with Crippen LogP contribution < -0.4 is 20.3 Å². The van der Waals surface area contributed by atoms with E-state index in [1.54, 1.807) is 19.1 Å². The van der Waals surface area contributed by atoms with E-state index in [1.807, 2.05) is 0 Å². The molecular weight excluding hydrogens is 477 g/mol. The zero-order valence-electron chi connectivity index (χ0n) is 19.0. The van der Waals surface area contributed by atoms with Crippen LogP contribution in [0.15, 0.2) is 52.6 Å². The molecule has 2 aromatic carbocycles. The Labute approximate surface area is 202 Å². The van der Waals surface area contributed by atoms with Crippen molar-refractivity contribution in [2.45, 2.75) is 6.92 Å². The molecule has 2 aromatic heterocycles. The van der Waals surface area contributed by atoms with Crippen molar-refractivity contribution in [2.75, 3.05) is 26.1 Å². The van der Waals surface area contributed by atoms with Crippen molar-refractivity contribution in [3.05, 3.63) is 75.3 Å². The Kier molecular flexibility index (Phi) is 6.78. The number of ether oxygens (including phenoxy) is 3. The number of hydrogen-bond donors (Lipinski definition) is 1. The normalized spacial score (nSPS) is 10.7. The predicted octanol–water partition coefficient (Wildman–Crippen LogP) is 4.03. The summed E-state index contributed by atoms with van der Waals surface area (Å²) < 4.78 is 30.3. The number of aromatic nitrogens is 2. The van der Waals surface area contributed by atoms with Crippen LogP contribution >= 0.6 is 11.3 Å². The number of rotatable bonds is 7. The number of carbonyl (C=O) groups excluding carboxylic acids is 2. The monoisotopic (exact) mass is 497 g/mol. The second kappa shape index (κ2) is 9.94. The third-order valence-corrected chi connectivity index (χ3v) is 5.94. The molecule has 0 saturated heterocycles. The summed E-state index contributed by atoms with van der Waals surface area (Å²) in [5.74, 6) is -1.03. The van der Waals surface area contributed by atoms with Gasteiger partial charge in [-0.15, -0.1) is 11.3 Å². The molecule has 0 aliphatic rings. The summed E-state index contributed by atoms with van der Waals surface area (Å²) in [4.78, 5) is 39.0. The Hall–Kier alpha value is -4.25. The van der Waals surface area contributed by atoms with Gasteiger partial charge in [-0.2, -0.15) is 9.78 Å². The van der Waals surface area contributed by atoms with Gasteiger partial charge in [0.05, 0.1) is 31.9 Å². The molecule has 0 spiro atoms. The summed E-state index contributed by atoms with van der Waals surface area (Å²) in [6, 6.07) is 9.86. The maximum atomic E-state index is 13.9. The lowest BCUT2D eigenvalue weighted by Gasteiger charge is -2.11. The number of halogens is 1. The fraction of sp³-hybridized carbons (Fsp3) is 0.167. The van der Waals surface area contributed by atoms with E-state index in [2.05, 4.69) is 10.4 Å². The molecular formula is C24H20FN3O6S. The summed E-state index contributed by atoms with van der Waals surface area (Å²) >= 11 is 1.05. The summed E-state index contributed by atoms with van der Waals surface area (Å²) in [6.07, 6.45) is 0. The topological polar surface area (TPSA) is 109 Å². The van der Waals surface area contributed by atoms with Crippen LogP contribution in [0.3, 0.4) is 0 Å². The second-order valence-corrected chi connectivity index (χ2v) is 8.02. The van der Waals surface area contributed by atoms with Crippen molar-refractivity contribution in [3.8, 4) is 17.2 Å². The van der Waals surface area contributed by atoms with Gasteiger partial charge in [-0.3, -0.25) is 9.59 Å². The summed E-state index contributed by atoms with van der Waals surface area (Å²) in [6.45, 7) is 1.73. The number of amides is 1. The number of hydrogen-bond acceptors (Lipinski definition) is 8. The molecule has 4 rings (SSSR count). The molecule has 180 valence electrons. The number of anilines is 1. The largest absolute Gasteiger partial charge is 0.493 e. The van der Waals surface area contributed by atoms with Gasteiger partial charge in [-0.25, -0.2) is 9.18 Å². The van der Waals surface area contributed by atoms with Crippen molar-refractivity contribution in [1.82, 2.24) is 9.78 Å². The number of nitrogens with one attached hydrogen (secondary N) is 1. The molecule has 0 aliphatic heterocycles. The molecule has 1 amide bonds. The maximum absolute atomic E-state index is 13.9. The van der Waals surface area contributed by atoms with Gasteiger partial charge < -0.3 is 19.5 Å². The van der Waals surface area contributed by atoms with Gasteiger partial charge in [0.1, 0.15) is 10.8 Å². The number of fused-ring (bicyclic) bond motifs is 1. The Bertz CT molecular complexity index is 1500. The van der Waals surface area contributed by atoms with Gasteiger partial charge in [0.25, 0.3) is 11.5 Å². The van der Waals surface area contributed by atoms with Crippen LogP contribution in [0.2, 0.25) is 0 Å². The van der Waals surface area contributed by atoms with Gasteiger partial charge in [0, 0.05) is 16.3 Å². The molecule has 0 bridgehead atoms. The summed E-state index contributed by atoms with van der Waals surface area (Å²) in [5, 5.41) is 8.86. The number of carbonyl (C=O) groups is 2. The zero-order valence-corrected chi connectivity index (χ0v) is 19.8. The quantitative estimate of drug-likeness (QED) is 0.384. The third-order valence-electron chi connectivity index (χ3n) is 5.05. The predicted molar refractivity (Wildman–Crippen MR) is 129 cm³/mol. The van der Waals surface area contributed by atoms with E-state index >= 15 is 0 Å². The molecule has 0 atom stereocenters. The highest BCUT2D eigenvalue weighted by molar-refractivity contribution is 7.16. The van der Waals surface area contributed by atoms with Gasteiger partial charge >= 0.3 is 5.97 Å². The van der Waals surface area contributed by atoms with E-state index in [4.69, 9.17) is 14.2 Å². The van der Waals surface area contributed by atoms with Gasteiger partial charge in [0.15, 0.2) is 17.2 Å². The lowest BCUT2D eigenvalue weighted by atomic mass is 10.1. The summed E-state index contributed by atoms with van der Waals surface area (Å²) in [5.41, 5.74) is -0.392. The van der Waals surface area contributed by atoms with Gasteiger partial charge in [-0.05, 0) is 43.3 Å². The highest BCUT2D eigenvalue weighted by Gasteiger charge is 2.24. The van der Waals surface area contributed by atoms with Crippen LogP contribution in [0.25, 0.3) is 16.5 Å². The number of esters is 1. The van der Waals surface area contributed by atoms with Crippen molar-refractivity contribution in [3.63, 3.8) is 0 Å². The first-order valence-electron chi connectivity index (χ1n) is 10.4. The van der Waals surface area contributed by atoms with E-state index in [9.17, 15) is 18.8 Å². The first-order valence-corrected chi connectivity index (χ1v) is 11.3. The smallest absolute Gasteiger partial charge is 0.359 e. The molecule has 0 aliphatic carbocycles. The Morgan fingerprint density at radius 2 is 1.89 bits per heavy atom. The van der Waals surface area contributed by atoms with Crippen LogP contribution in [-0.2, 0) is 4.74 Å². The van der Waals surface area contributed by atoms with Gasteiger partial charge in [0.2, 0.25) is 0 Å². The molecule has 11 heteroatoms. The fourth-order valence-corrected chi connectivity index (χ4v) is 4.36. The van der Waals surface area contributed by atoms with Crippen LogP contribution in [-0.4, -0.2) is 42.5 Å². The van der Waals surface area contributed by atoms with Crippen molar-refractivity contribution in [1.29, 1.82) is 0 Å². The average Bonchev–Trinajstić information content (AvgIpc) is 3.27. The van der Waals surface area contributed by atoms with Crippen molar-refractivity contribution >= 4 is 39.0 Å². The minimum absolute atomic E-state index is 0.0474. The van der Waals surface area contributed by atoms with E-state index in [1.165, 1.54) is 43.9 Å². The van der Waals surface area contributed by atoms with Crippen LogP contribution in [0.5, 0.6) is 11.5 Å². The molecule has 2 heterocycles. The second-order valence-electron chi connectivity index (χ2n) is 7.14. The lowest BCUT2D eigenvalue weighted by Crippen LogP contribution is -2.25. The van der Waals surface area contributed by atoms with E-state index in [-0.39, 0.29) is 39.3 Å². The molecule has 0 fully saturated rings. The number of thiophene rings is 1. The average molecular weight is 498 g/mol. The molecule has 9 nitrogen and oxygen atoms in total. The van der Waals surface area contributed by atoms with Crippen molar-refractivity contribution < 1.29 is 28.2 Å². The SMILES string of the molecule is CCOC(=O)c1nn(-c2cccc(F)c2)c(=O)c2c(NC(=O)c3ccc(OC)c(OC)c3)scc12. The van der Waals surface area contributed by atoms with E-state index < -0.39 is 23.3 Å². The first kappa shape index (κ1) is 23.9. The molecule has 0 unspecified atom stereocenters. The molecule has 0 saturated carbocycles. The summed E-state index contributed by atoms with van der Waals surface area (Å²) in [7, 11) is 2.93.